The Balaban J connectivity index is 3.39. The molecule has 1 heteroatoms. The molecule has 1 N–H and O–H groups in total. The van der Waals surface area contributed by atoms with E-state index in [-0.39, 0.29) is 0 Å². The second-order valence-corrected chi connectivity index (χ2v) is 4.10. The van der Waals surface area contributed by atoms with Gasteiger partial charge in [0.1, 0.15) is 0 Å². The molecule has 0 bridgehead atoms. The fourth-order valence-electron chi connectivity index (χ4n) is 1.42. The summed E-state index contributed by atoms with van der Waals surface area (Å²) in [5, 5.41) is 3.39. The van der Waals surface area contributed by atoms with Gasteiger partial charge in [-0.1, -0.05) is 33.6 Å². The van der Waals surface area contributed by atoms with Gasteiger partial charge in [0, 0.05) is 6.04 Å². The highest BCUT2D eigenvalue weighted by Gasteiger charge is 2.05. The Morgan fingerprint density at radius 2 is 1.75 bits per heavy atom. The van der Waals surface area contributed by atoms with Crippen LogP contribution in [0.5, 0.6) is 0 Å². The first kappa shape index (κ1) is 12.0. The highest BCUT2D eigenvalue weighted by atomic mass is 14.9. The zero-order valence-corrected chi connectivity index (χ0v) is 9.19. The van der Waals surface area contributed by atoms with Crippen LogP contribution in [0.3, 0.4) is 0 Å². The van der Waals surface area contributed by atoms with Gasteiger partial charge < -0.3 is 5.32 Å². The van der Waals surface area contributed by atoms with E-state index < -0.39 is 0 Å². The zero-order chi connectivity index (χ0) is 9.40. The van der Waals surface area contributed by atoms with Crippen LogP contribution in [-0.2, 0) is 0 Å². The van der Waals surface area contributed by atoms with Gasteiger partial charge >= 0.3 is 0 Å². The molecule has 0 rings (SSSR count). The number of nitrogens with one attached hydrogen (secondary N) is 1. The molecule has 0 aromatic heterocycles. The van der Waals surface area contributed by atoms with Crippen molar-refractivity contribution in [1.29, 1.82) is 0 Å². The molecule has 0 fully saturated rings. The van der Waals surface area contributed by atoms with E-state index in [4.69, 9.17) is 0 Å². The van der Waals surface area contributed by atoms with Gasteiger partial charge in [0.2, 0.25) is 0 Å². The van der Waals surface area contributed by atoms with Crippen LogP contribution in [0.1, 0.15) is 52.9 Å². The lowest BCUT2D eigenvalue weighted by atomic mass is 10.00. The molecule has 0 amide bonds. The van der Waals surface area contributed by atoms with E-state index in [1.165, 1.54) is 32.1 Å². The topological polar surface area (TPSA) is 12.0 Å². The molecular weight excluding hydrogens is 146 g/mol. The lowest BCUT2D eigenvalue weighted by Crippen LogP contribution is -2.25. The van der Waals surface area contributed by atoms with Gasteiger partial charge in [-0.3, -0.25) is 0 Å². The molecule has 0 aliphatic carbocycles. The molecule has 0 aliphatic rings. The molecule has 1 nitrogen and oxygen atoms in total. The molecule has 0 aromatic carbocycles. The van der Waals surface area contributed by atoms with E-state index in [0.717, 1.165) is 12.0 Å². The molecule has 0 saturated carbocycles. The van der Waals surface area contributed by atoms with Crippen molar-refractivity contribution in [3.05, 3.63) is 0 Å². The molecule has 74 valence electrons. The number of unbranched alkanes of at least 4 members (excludes halogenated alkanes) is 1. The first-order valence-electron chi connectivity index (χ1n) is 5.38. The Labute approximate surface area is 77.9 Å². The molecule has 0 spiro atoms. The van der Waals surface area contributed by atoms with Crippen molar-refractivity contribution in [2.75, 3.05) is 7.05 Å². The second-order valence-electron chi connectivity index (χ2n) is 4.10. The molecule has 1 atom stereocenters. The summed E-state index contributed by atoms with van der Waals surface area (Å²) in [5.74, 6) is 0.850. The number of rotatable bonds is 7. The van der Waals surface area contributed by atoms with Crippen LogP contribution in [0, 0.1) is 5.92 Å². The maximum absolute atomic E-state index is 3.39. The summed E-state index contributed by atoms with van der Waals surface area (Å²) >= 11 is 0. The molecule has 12 heavy (non-hydrogen) atoms. The smallest absolute Gasteiger partial charge is 0.00641 e. The lowest BCUT2D eigenvalue weighted by Gasteiger charge is -2.16. The van der Waals surface area contributed by atoms with Crippen molar-refractivity contribution in [1.82, 2.24) is 5.32 Å². The van der Waals surface area contributed by atoms with E-state index >= 15 is 0 Å². The van der Waals surface area contributed by atoms with Gasteiger partial charge in [-0.25, -0.2) is 0 Å². The van der Waals surface area contributed by atoms with Gasteiger partial charge in [-0.05, 0) is 32.2 Å². The van der Waals surface area contributed by atoms with Gasteiger partial charge in [-0.15, -0.1) is 0 Å². The maximum atomic E-state index is 3.39. The first-order chi connectivity index (χ1) is 5.70. The molecule has 1 unspecified atom stereocenters. The molecule has 0 aromatic rings. The highest BCUT2D eigenvalue weighted by Crippen LogP contribution is 2.11. The summed E-state index contributed by atoms with van der Waals surface area (Å²) in [5.41, 5.74) is 0. The van der Waals surface area contributed by atoms with Crippen molar-refractivity contribution in [2.45, 2.75) is 58.9 Å². The number of hydrogen-bond donors (Lipinski definition) is 1. The Hall–Kier alpha value is -0.0400. The van der Waals surface area contributed by atoms with Crippen LogP contribution in [0.4, 0.5) is 0 Å². The van der Waals surface area contributed by atoms with Gasteiger partial charge in [-0.2, -0.15) is 0 Å². The lowest BCUT2D eigenvalue weighted by molar-refractivity contribution is 0.423. The van der Waals surface area contributed by atoms with Crippen LogP contribution in [0.2, 0.25) is 0 Å². The summed E-state index contributed by atoms with van der Waals surface area (Å²) in [6.45, 7) is 6.86. The Morgan fingerprint density at radius 1 is 1.08 bits per heavy atom. The molecule has 0 heterocycles. The average Bonchev–Trinajstić information content (AvgIpc) is 2.05. The molecule has 0 radical (unpaired) electrons. The Kier molecular flexibility index (Phi) is 7.58. The van der Waals surface area contributed by atoms with Crippen molar-refractivity contribution in [3.63, 3.8) is 0 Å². The van der Waals surface area contributed by atoms with Gasteiger partial charge in [0.25, 0.3) is 0 Å². The van der Waals surface area contributed by atoms with Crippen LogP contribution < -0.4 is 5.32 Å². The van der Waals surface area contributed by atoms with Gasteiger partial charge in [0.05, 0.1) is 0 Å². The quantitative estimate of drug-likeness (QED) is 0.620. The monoisotopic (exact) mass is 171 g/mol. The second kappa shape index (κ2) is 7.60. The summed E-state index contributed by atoms with van der Waals surface area (Å²) < 4.78 is 0. The third-order valence-electron chi connectivity index (χ3n) is 2.41. The van der Waals surface area contributed by atoms with Crippen LogP contribution in [0.15, 0.2) is 0 Å². The summed E-state index contributed by atoms with van der Waals surface area (Å²) in [6, 6.07) is 0.757. The van der Waals surface area contributed by atoms with E-state index in [2.05, 4.69) is 33.1 Å². The Bertz CT molecular complexity index is 89.0. The molecule has 0 saturated heterocycles. The SMILES string of the molecule is CCCCC(CCC(C)C)NC. The maximum Gasteiger partial charge on any atom is 0.00641 e. The fraction of sp³-hybridized carbons (Fsp3) is 1.00. The third kappa shape index (κ3) is 6.66. The van der Waals surface area contributed by atoms with Crippen molar-refractivity contribution in [3.8, 4) is 0 Å². The highest BCUT2D eigenvalue weighted by molar-refractivity contribution is 4.64. The molecule has 0 aliphatic heterocycles. The largest absolute Gasteiger partial charge is 0.317 e. The van der Waals surface area contributed by atoms with E-state index in [1.807, 2.05) is 0 Å². The minimum atomic E-state index is 0.757. The average molecular weight is 171 g/mol. The fourth-order valence-corrected chi connectivity index (χ4v) is 1.42. The van der Waals surface area contributed by atoms with Crippen molar-refractivity contribution in [2.24, 2.45) is 5.92 Å². The van der Waals surface area contributed by atoms with Crippen LogP contribution in [0.25, 0.3) is 0 Å². The van der Waals surface area contributed by atoms with E-state index in [0.29, 0.717) is 0 Å². The predicted octanol–water partition coefficient (Wildman–Crippen LogP) is 3.20. The Morgan fingerprint density at radius 3 is 2.17 bits per heavy atom. The minimum Gasteiger partial charge on any atom is -0.317 e. The van der Waals surface area contributed by atoms with E-state index in [1.54, 1.807) is 0 Å². The predicted molar refractivity (Wildman–Crippen MR) is 56.4 cm³/mol. The minimum absolute atomic E-state index is 0.757. The summed E-state index contributed by atoms with van der Waals surface area (Å²) in [7, 11) is 2.08. The van der Waals surface area contributed by atoms with Gasteiger partial charge in [0.15, 0.2) is 0 Å². The van der Waals surface area contributed by atoms with Crippen molar-refractivity contribution < 1.29 is 0 Å². The normalized spacial score (nSPS) is 13.8. The summed E-state index contributed by atoms with van der Waals surface area (Å²) in [6.07, 6.45) is 6.73. The standard InChI is InChI=1S/C11H25N/c1-5-6-7-11(12-4)9-8-10(2)3/h10-12H,5-9H2,1-4H3. The zero-order valence-electron chi connectivity index (χ0n) is 9.19. The van der Waals surface area contributed by atoms with Crippen LogP contribution >= 0.6 is 0 Å². The molecular formula is C11H25N. The number of hydrogen-bond acceptors (Lipinski definition) is 1. The van der Waals surface area contributed by atoms with Crippen molar-refractivity contribution >= 4 is 0 Å². The summed E-state index contributed by atoms with van der Waals surface area (Å²) in [4.78, 5) is 0. The van der Waals surface area contributed by atoms with Crippen LogP contribution in [-0.4, -0.2) is 13.1 Å². The van der Waals surface area contributed by atoms with E-state index in [9.17, 15) is 0 Å². The third-order valence-corrected chi connectivity index (χ3v) is 2.41. The first-order valence-corrected chi connectivity index (χ1v) is 5.38.